The number of hydrogen-bond donors (Lipinski definition) is 0. The van der Waals surface area contributed by atoms with Crippen molar-refractivity contribution in [1.29, 1.82) is 0 Å². The molecule has 1 aromatic carbocycles. The Morgan fingerprint density at radius 2 is 2.11 bits per heavy atom. The summed E-state index contributed by atoms with van der Waals surface area (Å²) in [6.45, 7) is 5.03. The standard InChI is InChI=1S/C14H18N2O2/c1-10(2)14(17)13-11-6-4-5-7-12(11)16(15-13)8-9-18-3/h4-7,10H,8-9H2,1-3H3. The Balaban J connectivity index is 2.50. The topological polar surface area (TPSA) is 44.1 Å². The summed E-state index contributed by atoms with van der Waals surface area (Å²) in [5, 5.41) is 5.36. The number of hydrogen-bond acceptors (Lipinski definition) is 3. The zero-order chi connectivity index (χ0) is 13.1. The summed E-state index contributed by atoms with van der Waals surface area (Å²) < 4.78 is 6.91. The van der Waals surface area contributed by atoms with E-state index in [1.54, 1.807) is 7.11 Å². The van der Waals surface area contributed by atoms with Crippen LogP contribution in [0.1, 0.15) is 24.3 Å². The van der Waals surface area contributed by atoms with Crippen molar-refractivity contribution in [3.05, 3.63) is 30.0 Å². The molecule has 0 atom stereocenters. The number of Topliss-reactive ketones (excluding diaryl/α,β-unsaturated/α-hetero) is 1. The van der Waals surface area contributed by atoms with Crippen LogP contribution < -0.4 is 0 Å². The number of aromatic nitrogens is 2. The quantitative estimate of drug-likeness (QED) is 0.761. The smallest absolute Gasteiger partial charge is 0.186 e. The van der Waals surface area contributed by atoms with Crippen molar-refractivity contribution >= 4 is 16.7 Å². The van der Waals surface area contributed by atoms with Crippen LogP contribution in [0.5, 0.6) is 0 Å². The van der Waals surface area contributed by atoms with Gasteiger partial charge in [0.2, 0.25) is 0 Å². The molecule has 96 valence electrons. The van der Waals surface area contributed by atoms with Crippen LogP contribution in [-0.2, 0) is 11.3 Å². The molecular weight excluding hydrogens is 228 g/mol. The lowest BCUT2D eigenvalue weighted by Crippen LogP contribution is -2.11. The van der Waals surface area contributed by atoms with E-state index in [0.717, 1.165) is 10.9 Å². The van der Waals surface area contributed by atoms with Gasteiger partial charge in [0.15, 0.2) is 5.78 Å². The van der Waals surface area contributed by atoms with Crippen LogP contribution in [0.4, 0.5) is 0 Å². The van der Waals surface area contributed by atoms with E-state index < -0.39 is 0 Å². The van der Waals surface area contributed by atoms with Crippen LogP contribution in [0.25, 0.3) is 10.9 Å². The molecule has 0 saturated heterocycles. The lowest BCUT2D eigenvalue weighted by Gasteiger charge is -2.01. The first-order valence-electron chi connectivity index (χ1n) is 6.14. The van der Waals surface area contributed by atoms with Gasteiger partial charge in [0, 0.05) is 18.4 Å². The zero-order valence-corrected chi connectivity index (χ0v) is 11.0. The van der Waals surface area contributed by atoms with Gasteiger partial charge in [-0.05, 0) is 6.07 Å². The third-order valence-electron chi connectivity index (χ3n) is 2.92. The largest absolute Gasteiger partial charge is 0.383 e. The highest BCUT2D eigenvalue weighted by atomic mass is 16.5. The van der Waals surface area contributed by atoms with Crippen molar-refractivity contribution in [1.82, 2.24) is 9.78 Å². The maximum Gasteiger partial charge on any atom is 0.186 e. The van der Waals surface area contributed by atoms with Crippen LogP contribution in [-0.4, -0.2) is 29.3 Å². The predicted octanol–water partition coefficient (Wildman–Crippen LogP) is 2.52. The second kappa shape index (κ2) is 5.31. The molecule has 1 aromatic heterocycles. The maximum atomic E-state index is 12.1. The third kappa shape index (κ3) is 2.29. The number of fused-ring (bicyclic) bond motifs is 1. The molecule has 0 amide bonds. The molecule has 1 heterocycles. The summed E-state index contributed by atoms with van der Waals surface area (Å²) in [6.07, 6.45) is 0. The molecule has 0 saturated carbocycles. The van der Waals surface area contributed by atoms with Crippen LogP contribution in [0, 0.1) is 5.92 Å². The number of para-hydroxylation sites is 1. The average molecular weight is 246 g/mol. The van der Waals surface area contributed by atoms with Gasteiger partial charge < -0.3 is 4.74 Å². The van der Waals surface area contributed by atoms with E-state index in [9.17, 15) is 4.79 Å². The van der Waals surface area contributed by atoms with Crippen molar-refractivity contribution in [2.24, 2.45) is 5.92 Å². The Morgan fingerprint density at radius 3 is 2.78 bits per heavy atom. The molecule has 0 unspecified atom stereocenters. The number of methoxy groups -OCH3 is 1. The monoisotopic (exact) mass is 246 g/mol. The van der Waals surface area contributed by atoms with Crippen molar-refractivity contribution < 1.29 is 9.53 Å². The van der Waals surface area contributed by atoms with Crippen LogP contribution in [0.15, 0.2) is 24.3 Å². The molecule has 0 N–H and O–H groups in total. The Morgan fingerprint density at radius 1 is 1.39 bits per heavy atom. The van der Waals surface area contributed by atoms with E-state index in [1.807, 2.05) is 42.8 Å². The minimum Gasteiger partial charge on any atom is -0.383 e. The number of nitrogens with zero attached hydrogens (tertiary/aromatic N) is 2. The first kappa shape index (κ1) is 12.8. The minimum atomic E-state index is -0.0424. The van der Waals surface area contributed by atoms with E-state index in [1.165, 1.54) is 0 Å². The van der Waals surface area contributed by atoms with Gasteiger partial charge in [-0.1, -0.05) is 32.0 Å². The van der Waals surface area contributed by atoms with Gasteiger partial charge >= 0.3 is 0 Å². The molecule has 0 aliphatic carbocycles. The highest BCUT2D eigenvalue weighted by molar-refractivity contribution is 6.06. The number of benzene rings is 1. The molecule has 0 fully saturated rings. The van der Waals surface area contributed by atoms with Gasteiger partial charge in [0.25, 0.3) is 0 Å². The molecule has 0 bridgehead atoms. The van der Waals surface area contributed by atoms with Crippen LogP contribution in [0.3, 0.4) is 0 Å². The minimum absolute atomic E-state index is 0.0424. The van der Waals surface area contributed by atoms with Crippen molar-refractivity contribution in [2.75, 3.05) is 13.7 Å². The molecule has 0 radical (unpaired) electrons. The third-order valence-corrected chi connectivity index (χ3v) is 2.92. The van der Waals surface area contributed by atoms with E-state index >= 15 is 0 Å². The number of ether oxygens (including phenoxy) is 1. The molecule has 0 aliphatic heterocycles. The molecule has 2 aromatic rings. The predicted molar refractivity (Wildman–Crippen MR) is 70.8 cm³/mol. The first-order chi connectivity index (χ1) is 8.65. The van der Waals surface area contributed by atoms with E-state index in [-0.39, 0.29) is 11.7 Å². The van der Waals surface area contributed by atoms with Crippen molar-refractivity contribution in [3.63, 3.8) is 0 Å². The summed E-state index contributed by atoms with van der Waals surface area (Å²) >= 11 is 0. The summed E-state index contributed by atoms with van der Waals surface area (Å²) in [5.41, 5.74) is 1.55. The number of rotatable bonds is 5. The van der Waals surface area contributed by atoms with E-state index in [4.69, 9.17) is 4.74 Å². The molecular formula is C14H18N2O2. The average Bonchev–Trinajstić information content (AvgIpc) is 2.74. The van der Waals surface area contributed by atoms with Crippen molar-refractivity contribution in [3.8, 4) is 0 Å². The molecule has 2 rings (SSSR count). The van der Waals surface area contributed by atoms with Gasteiger partial charge in [-0.3, -0.25) is 9.48 Å². The second-order valence-electron chi connectivity index (χ2n) is 4.60. The number of carbonyl (C=O) groups is 1. The Kier molecular flexibility index (Phi) is 3.77. The van der Waals surface area contributed by atoms with Crippen molar-refractivity contribution in [2.45, 2.75) is 20.4 Å². The number of ketones is 1. The highest BCUT2D eigenvalue weighted by Crippen LogP contribution is 2.20. The maximum absolute atomic E-state index is 12.1. The van der Waals surface area contributed by atoms with Gasteiger partial charge in [0.1, 0.15) is 5.69 Å². The van der Waals surface area contributed by atoms with E-state index in [0.29, 0.717) is 18.8 Å². The molecule has 18 heavy (non-hydrogen) atoms. The normalized spacial score (nSPS) is 11.3. The Labute approximate surface area is 107 Å². The van der Waals surface area contributed by atoms with Gasteiger partial charge in [-0.15, -0.1) is 0 Å². The second-order valence-corrected chi connectivity index (χ2v) is 4.60. The molecule has 4 heteroatoms. The Hall–Kier alpha value is -1.68. The lowest BCUT2D eigenvalue weighted by atomic mass is 10.0. The Bertz CT molecular complexity index is 558. The summed E-state index contributed by atoms with van der Waals surface area (Å²) in [5.74, 6) is 0.0431. The highest BCUT2D eigenvalue weighted by Gasteiger charge is 2.19. The van der Waals surface area contributed by atoms with Gasteiger partial charge in [-0.2, -0.15) is 5.10 Å². The van der Waals surface area contributed by atoms with Gasteiger partial charge in [-0.25, -0.2) is 0 Å². The summed E-state index contributed by atoms with van der Waals surface area (Å²) in [4.78, 5) is 12.1. The first-order valence-corrected chi connectivity index (χ1v) is 6.14. The summed E-state index contributed by atoms with van der Waals surface area (Å²) in [7, 11) is 1.66. The SMILES string of the molecule is COCCn1nc(C(=O)C(C)C)c2ccccc21. The van der Waals surface area contributed by atoms with E-state index in [2.05, 4.69) is 5.10 Å². The van der Waals surface area contributed by atoms with Gasteiger partial charge in [0.05, 0.1) is 18.7 Å². The fourth-order valence-electron chi connectivity index (χ4n) is 1.93. The fourth-order valence-corrected chi connectivity index (χ4v) is 1.93. The lowest BCUT2D eigenvalue weighted by molar-refractivity contribution is 0.0934. The zero-order valence-electron chi connectivity index (χ0n) is 11.0. The van der Waals surface area contributed by atoms with Crippen LogP contribution in [0.2, 0.25) is 0 Å². The summed E-state index contributed by atoms with van der Waals surface area (Å²) in [6, 6.07) is 7.81. The molecule has 0 aliphatic rings. The molecule has 0 spiro atoms. The number of carbonyl (C=O) groups excluding carboxylic acids is 1. The van der Waals surface area contributed by atoms with Crippen LogP contribution >= 0.6 is 0 Å². The molecule has 4 nitrogen and oxygen atoms in total. The fraction of sp³-hybridized carbons (Fsp3) is 0.429.